The van der Waals surface area contributed by atoms with Gasteiger partial charge in [0.1, 0.15) is 0 Å². The topological polar surface area (TPSA) is 81.8 Å². The molecule has 0 aromatic heterocycles. The van der Waals surface area contributed by atoms with Crippen LogP contribution in [-0.4, -0.2) is 41.1 Å². The van der Waals surface area contributed by atoms with Crippen molar-refractivity contribution in [1.82, 2.24) is 4.81 Å². The van der Waals surface area contributed by atoms with Gasteiger partial charge in [0.2, 0.25) is 0 Å². The van der Waals surface area contributed by atoms with Crippen molar-refractivity contribution in [3.8, 4) is 0 Å². The van der Waals surface area contributed by atoms with Crippen LogP contribution < -0.4 is 11.1 Å². The summed E-state index contributed by atoms with van der Waals surface area (Å²) in [6, 6.07) is 5.98. The minimum Gasteiger partial charge on any atom is -0.437 e. The number of piperidine rings is 1. The van der Waals surface area contributed by atoms with Crippen LogP contribution in [0.15, 0.2) is 18.2 Å². The molecule has 0 saturated carbocycles. The summed E-state index contributed by atoms with van der Waals surface area (Å²) in [7, 11) is -0.366. The Morgan fingerprint density at radius 2 is 2.11 bits per heavy atom. The highest BCUT2D eigenvalue weighted by atomic mass is 16.3. The number of hydrogen-bond acceptors (Lipinski definition) is 5. The summed E-state index contributed by atoms with van der Waals surface area (Å²) in [5.41, 5.74) is 8.39. The van der Waals surface area contributed by atoms with Crippen LogP contribution in [0.3, 0.4) is 0 Å². The molecule has 5 N–H and O–H groups in total. The van der Waals surface area contributed by atoms with E-state index >= 15 is 0 Å². The Kier molecular flexibility index (Phi) is 4.68. The quantitative estimate of drug-likeness (QED) is 0.476. The number of nitrogen functional groups attached to an aromatic ring is 1. The van der Waals surface area contributed by atoms with Gasteiger partial charge < -0.3 is 26.0 Å². The fraction of sp³-hybridized carbons (Fsp3) is 0.538. The zero-order valence-corrected chi connectivity index (χ0v) is 11.3. The fourth-order valence-electron chi connectivity index (χ4n) is 2.48. The maximum absolute atomic E-state index is 9.52. The molecule has 1 heterocycles. The second-order valence-electron chi connectivity index (χ2n) is 5.17. The van der Waals surface area contributed by atoms with Gasteiger partial charge >= 0.3 is 7.05 Å². The third-order valence-corrected chi connectivity index (χ3v) is 3.72. The smallest absolute Gasteiger partial charge is 0.376 e. The van der Waals surface area contributed by atoms with Gasteiger partial charge in [0.25, 0.3) is 0 Å². The molecule has 0 unspecified atom stereocenters. The van der Waals surface area contributed by atoms with Gasteiger partial charge in [-0.25, -0.2) is 0 Å². The summed E-state index contributed by atoms with van der Waals surface area (Å²) >= 11 is 0. The van der Waals surface area contributed by atoms with E-state index in [0.29, 0.717) is 11.7 Å². The highest BCUT2D eigenvalue weighted by molar-refractivity contribution is 6.45. The molecule has 104 valence electrons. The minimum atomic E-state index is -0.366. The Balaban J connectivity index is 1.92. The Morgan fingerprint density at radius 1 is 1.42 bits per heavy atom. The number of rotatable bonds is 4. The van der Waals surface area contributed by atoms with Crippen molar-refractivity contribution in [2.45, 2.75) is 32.3 Å². The van der Waals surface area contributed by atoms with Gasteiger partial charge in [-0.15, -0.1) is 0 Å². The van der Waals surface area contributed by atoms with Crippen molar-refractivity contribution < 1.29 is 10.1 Å². The Bertz CT molecular complexity index is 420. The third-order valence-electron chi connectivity index (χ3n) is 3.72. The molecule has 6 heteroatoms. The first kappa shape index (κ1) is 14.2. The van der Waals surface area contributed by atoms with Crippen LogP contribution in [0.5, 0.6) is 0 Å². The summed E-state index contributed by atoms with van der Waals surface area (Å²) in [5.74, 6) is 0. The molecule has 0 radical (unpaired) electrons. The molecule has 0 atom stereocenters. The van der Waals surface area contributed by atoms with Crippen LogP contribution in [-0.2, 0) is 6.61 Å². The van der Waals surface area contributed by atoms with Gasteiger partial charge in [0.05, 0.1) is 18.0 Å². The molecule has 1 aromatic rings. The molecule has 1 aliphatic rings. The fourth-order valence-corrected chi connectivity index (χ4v) is 2.48. The van der Waals surface area contributed by atoms with Crippen LogP contribution in [0.25, 0.3) is 0 Å². The molecular formula is C13H22BN3O2. The van der Waals surface area contributed by atoms with E-state index in [9.17, 15) is 5.02 Å². The molecule has 5 nitrogen and oxygen atoms in total. The Hall–Kier alpha value is -1.24. The summed E-state index contributed by atoms with van der Waals surface area (Å²) in [6.45, 7) is 3.60. The molecule has 19 heavy (non-hydrogen) atoms. The normalized spacial score (nSPS) is 17.4. The van der Waals surface area contributed by atoms with Gasteiger partial charge in [-0.2, -0.15) is 0 Å². The number of aliphatic hydroxyl groups is 1. The minimum absolute atomic E-state index is 0.0112. The lowest BCUT2D eigenvalue weighted by atomic mass is 9.82. The lowest BCUT2D eigenvalue weighted by Gasteiger charge is -2.33. The molecule has 1 saturated heterocycles. The second-order valence-corrected chi connectivity index (χ2v) is 5.17. The predicted octanol–water partition coefficient (Wildman–Crippen LogP) is 0.748. The van der Waals surface area contributed by atoms with Crippen molar-refractivity contribution in [3.63, 3.8) is 0 Å². The molecular weight excluding hydrogens is 241 g/mol. The standard InChI is InChI=1S/C13H22BN3O2/c1-14(19)17-6-4-11(5-7-17)16-13-3-2-10(9-18)8-12(13)15/h2-3,8,11,16,18-19H,4-7,9,15H2,1H3. The van der Waals surface area contributed by atoms with Crippen LogP contribution >= 0.6 is 0 Å². The SMILES string of the molecule is CB(O)N1CCC(Nc2ccc(CO)cc2N)CC1. The van der Waals surface area contributed by atoms with Crippen LogP contribution in [0.4, 0.5) is 11.4 Å². The van der Waals surface area contributed by atoms with Gasteiger partial charge in [-0.1, -0.05) is 6.07 Å². The lowest BCUT2D eigenvalue weighted by Crippen LogP contribution is -2.45. The molecule has 0 spiro atoms. The molecule has 0 bridgehead atoms. The Labute approximate surface area is 114 Å². The van der Waals surface area contributed by atoms with Crippen molar-refractivity contribution in [2.24, 2.45) is 0 Å². The molecule has 1 aromatic carbocycles. The average molecular weight is 263 g/mol. The van der Waals surface area contributed by atoms with Crippen molar-refractivity contribution >= 4 is 18.4 Å². The van der Waals surface area contributed by atoms with E-state index in [1.54, 1.807) is 12.9 Å². The van der Waals surface area contributed by atoms with Crippen LogP contribution in [0, 0.1) is 0 Å². The maximum atomic E-state index is 9.52. The van der Waals surface area contributed by atoms with E-state index < -0.39 is 0 Å². The Morgan fingerprint density at radius 3 is 2.63 bits per heavy atom. The monoisotopic (exact) mass is 263 g/mol. The molecule has 1 fully saturated rings. The molecule has 0 aliphatic carbocycles. The molecule has 1 aliphatic heterocycles. The van der Waals surface area contributed by atoms with Gasteiger partial charge in [0.15, 0.2) is 0 Å². The van der Waals surface area contributed by atoms with E-state index in [2.05, 4.69) is 10.1 Å². The zero-order chi connectivity index (χ0) is 13.8. The van der Waals surface area contributed by atoms with E-state index in [-0.39, 0.29) is 13.7 Å². The number of benzene rings is 1. The van der Waals surface area contributed by atoms with Crippen molar-refractivity contribution in [1.29, 1.82) is 0 Å². The number of aliphatic hydroxyl groups excluding tert-OH is 1. The zero-order valence-electron chi connectivity index (χ0n) is 11.3. The summed E-state index contributed by atoms with van der Waals surface area (Å²) in [4.78, 5) is 2.07. The molecule has 2 rings (SSSR count). The highest BCUT2D eigenvalue weighted by Crippen LogP contribution is 2.23. The van der Waals surface area contributed by atoms with E-state index in [4.69, 9.17) is 10.8 Å². The molecule has 0 amide bonds. The summed E-state index contributed by atoms with van der Waals surface area (Å²) in [6.07, 6.45) is 1.98. The first-order valence-electron chi connectivity index (χ1n) is 6.78. The van der Waals surface area contributed by atoms with E-state index in [0.717, 1.165) is 37.2 Å². The maximum Gasteiger partial charge on any atom is 0.376 e. The van der Waals surface area contributed by atoms with E-state index in [1.165, 1.54) is 0 Å². The number of nitrogens with zero attached hydrogens (tertiary/aromatic N) is 1. The van der Waals surface area contributed by atoms with Crippen LogP contribution in [0.1, 0.15) is 18.4 Å². The second kappa shape index (κ2) is 6.28. The number of anilines is 2. The first-order chi connectivity index (χ1) is 9.10. The summed E-state index contributed by atoms with van der Waals surface area (Å²) < 4.78 is 0. The van der Waals surface area contributed by atoms with Gasteiger partial charge in [-0.05, 0) is 50.5 Å². The van der Waals surface area contributed by atoms with Gasteiger partial charge in [-0.3, -0.25) is 0 Å². The van der Waals surface area contributed by atoms with Gasteiger partial charge in [0, 0.05) is 6.04 Å². The predicted molar refractivity (Wildman–Crippen MR) is 78.8 cm³/mol. The van der Waals surface area contributed by atoms with E-state index in [1.807, 2.05) is 12.1 Å². The van der Waals surface area contributed by atoms with Crippen molar-refractivity contribution in [2.75, 3.05) is 24.1 Å². The number of hydrogen-bond donors (Lipinski definition) is 4. The highest BCUT2D eigenvalue weighted by Gasteiger charge is 2.23. The van der Waals surface area contributed by atoms with Crippen molar-refractivity contribution in [3.05, 3.63) is 23.8 Å². The average Bonchev–Trinajstić information content (AvgIpc) is 2.41. The third kappa shape index (κ3) is 3.62. The first-order valence-corrected chi connectivity index (χ1v) is 6.78. The van der Waals surface area contributed by atoms with Crippen LogP contribution in [0.2, 0.25) is 6.82 Å². The largest absolute Gasteiger partial charge is 0.437 e. The summed E-state index contributed by atoms with van der Waals surface area (Å²) in [5, 5.41) is 22.0. The lowest BCUT2D eigenvalue weighted by molar-refractivity contribution is 0.282. The number of nitrogens with two attached hydrogens (primary N) is 1. The number of nitrogens with one attached hydrogen (secondary N) is 1.